The lowest BCUT2D eigenvalue weighted by molar-refractivity contribution is 0.0897. The standard InChI is InChI=1S/C20H23N5O2/c26-20(18-16-12-27-11-8-17(16)23-24-18)22-14-3-5-15(6-4-14)25-10-7-13-2-1-9-21-19(13)25/h1-2,7,9-10,14-15H,3-6,8,11-12H2,(H,22,26)(H,23,24). The van der Waals surface area contributed by atoms with E-state index in [1.165, 1.54) is 5.39 Å². The molecule has 3 aromatic rings. The Morgan fingerprint density at radius 3 is 3.04 bits per heavy atom. The quantitative estimate of drug-likeness (QED) is 0.747. The fourth-order valence-corrected chi connectivity index (χ4v) is 4.33. The number of ether oxygens (including phenoxy) is 1. The van der Waals surface area contributed by atoms with Crippen LogP contribution in [0.1, 0.15) is 53.5 Å². The zero-order valence-corrected chi connectivity index (χ0v) is 15.1. The van der Waals surface area contributed by atoms with Crippen molar-refractivity contribution in [3.63, 3.8) is 0 Å². The SMILES string of the molecule is O=C(NC1CCC(n2ccc3cccnc32)CC1)c1n[nH]c2c1COCC2. The highest BCUT2D eigenvalue weighted by atomic mass is 16.5. The lowest BCUT2D eigenvalue weighted by Crippen LogP contribution is -2.38. The van der Waals surface area contributed by atoms with E-state index in [4.69, 9.17) is 4.74 Å². The van der Waals surface area contributed by atoms with Crippen LogP contribution in [0.5, 0.6) is 0 Å². The summed E-state index contributed by atoms with van der Waals surface area (Å²) in [5.74, 6) is -0.0884. The molecule has 0 unspecified atom stereocenters. The summed E-state index contributed by atoms with van der Waals surface area (Å²) < 4.78 is 7.76. The molecule has 1 amide bonds. The summed E-state index contributed by atoms with van der Waals surface area (Å²) in [6, 6.07) is 6.83. The summed E-state index contributed by atoms with van der Waals surface area (Å²) in [5.41, 5.74) is 3.49. The van der Waals surface area contributed by atoms with Crippen molar-refractivity contribution in [1.29, 1.82) is 0 Å². The first-order chi connectivity index (χ1) is 13.3. The van der Waals surface area contributed by atoms with Crippen LogP contribution in [0.25, 0.3) is 11.0 Å². The van der Waals surface area contributed by atoms with Gasteiger partial charge in [0.1, 0.15) is 5.65 Å². The Balaban J connectivity index is 1.23. The predicted octanol–water partition coefficient (Wildman–Crippen LogP) is 2.75. The minimum absolute atomic E-state index is 0.0884. The molecule has 0 spiro atoms. The maximum absolute atomic E-state index is 12.7. The molecule has 3 aromatic heterocycles. The predicted molar refractivity (Wildman–Crippen MR) is 100 cm³/mol. The number of nitrogens with one attached hydrogen (secondary N) is 2. The zero-order valence-electron chi connectivity index (χ0n) is 15.1. The average molecular weight is 365 g/mol. The van der Waals surface area contributed by atoms with Crippen LogP contribution < -0.4 is 5.32 Å². The van der Waals surface area contributed by atoms with Crippen LogP contribution in [0.15, 0.2) is 30.6 Å². The molecule has 7 heteroatoms. The van der Waals surface area contributed by atoms with E-state index in [0.717, 1.165) is 49.0 Å². The third-order valence-corrected chi connectivity index (χ3v) is 5.81. The summed E-state index contributed by atoms with van der Waals surface area (Å²) in [6.45, 7) is 1.15. The van der Waals surface area contributed by atoms with Crippen LogP contribution in [0.3, 0.4) is 0 Å². The third-order valence-electron chi connectivity index (χ3n) is 5.81. The van der Waals surface area contributed by atoms with Gasteiger partial charge in [-0.1, -0.05) is 0 Å². The number of hydrogen-bond donors (Lipinski definition) is 2. The van der Waals surface area contributed by atoms with Crippen molar-refractivity contribution in [3.8, 4) is 0 Å². The Kier molecular flexibility index (Phi) is 4.16. The van der Waals surface area contributed by atoms with Crippen molar-refractivity contribution in [2.24, 2.45) is 0 Å². The van der Waals surface area contributed by atoms with Crippen molar-refractivity contribution in [2.75, 3.05) is 6.61 Å². The number of aromatic amines is 1. The second-order valence-corrected chi connectivity index (χ2v) is 7.45. The Labute approximate surface area is 157 Å². The van der Waals surface area contributed by atoms with Gasteiger partial charge in [-0.2, -0.15) is 5.10 Å². The molecule has 140 valence electrons. The highest BCUT2D eigenvalue weighted by Crippen LogP contribution is 2.31. The van der Waals surface area contributed by atoms with Crippen LogP contribution >= 0.6 is 0 Å². The van der Waals surface area contributed by atoms with Gasteiger partial charge in [0.25, 0.3) is 5.91 Å². The van der Waals surface area contributed by atoms with Crippen molar-refractivity contribution >= 4 is 16.9 Å². The van der Waals surface area contributed by atoms with Gasteiger partial charge < -0.3 is 14.6 Å². The van der Waals surface area contributed by atoms with E-state index >= 15 is 0 Å². The first-order valence-corrected chi connectivity index (χ1v) is 9.66. The number of hydrogen-bond acceptors (Lipinski definition) is 4. The van der Waals surface area contributed by atoms with E-state index in [9.17, 15) is 4.79 Å². The molecule has 0 saturated heterocycles. The molecule has 0 bridgehead atoms. The molecule has 5 rings (SSSR count). The Morgan fingerprint density at radius 1 is 1.26 bits per heavy atom. The number of carbonyl (C=O) groups excluding carboxylic acids is 1. The van der Waals surface area contributed by atoms with Crippen LogP contribution in [-0.4, -0.2) is 38.3 Å². The minimum Gasteiger partial charge on any atom is -0.376 e. The summed E-state index contributed by atoms with van der Waals surface area (Å²) in [5, 5.41) is 11.6. The molecule has 27 heavy (non-hydrogen) atoms. The lowest BCUT2D eigenvalue weighted by atomic mass is 9.91. The van der Waals surface area contributed by atoms with Crippen molar-refractivity contribution in [1.82, 2.24) is 25.1 Å². The second-order valence-electron chi connectivity index (χ2n) is 7.45. The van der Waals surface area contributed by atoms with Crippen LogP contribution in [0, 0.1) is 0 Å². The van der Waals surface area contributed by atoms with Gasteiger partial charge in [0, 0.05) is 47.5 Å². The van der Waals surface area contributed by atoms with E-state index in [2.05, 4.69) is 43.4 Å². The number of H-pyrrole nitrogens is 1. The number of pyridine rings is 1. The van der Waals surface area contributed by atoms with Crippen LogP contribution in [0.4, 0.5) is 0 Å². The number of aromatic nitrogens is 4. The monoisotopic (exact) mass is 365 g/mol. The molecule has 1 aliphatic heterocycles. The van der Waals surface area contributed by atoms with Crippen molar-refractivity contribution < 1.29 is 9.53 Å². The van der Waals surface area contributed by atoms with Gasteiger partial charge in [-0.25, -0.2) is 4.98 Å². The van der Waals surface area contributed by atoms with Gasteiger partial charge in [0.05, 0.1) is 13.2 Å². The van der Waals surface area contributed by atoms with E-state index in [1.54, 1.807) is 0 Å². The van der Waals surface area contributed by atoms with E-state index in [1.807, 2.05) is 12.3 Å². The fourth-order valence-electron chi connectivity index (χ4n) is 4.33. The van der Waals surface area contributed by atoms with Gasteiger partial charge >= 0.3 is 0 Å². The maximum atomic E-state index is 12.7. The van der Waals surface area contributed by atoms with E-state index < -0.39 is 0 Å². The lowest BCUT2D eigenvalue weighted by Gasteiger charge is -2.30. The normalized spacial score (nSPS) is 22.5. The largest absolute Gasteiger partial charge is 0.376 e. The molecule has 7 nitrogen and oxygen atoms in total. The molecule has 2 N–H and O–H groups in total. The number of nitrogens with zero attached hydrogens (tertiary/aromatic N) is 3. The number of amides is 1. The van der Waals surface area contributed by atoms with Gasteiger partial charge in [0.2, 0.25) is 0 Å². The number of rotatable bonds is 3. The molecule has 1 fully saturated rings. The van der Waals surface area contributed by atoms with Crippen molar-refractivity contribution in [2.45, 2.75) is 50.8 Å². The maximum Gasteiger partial charge on any atom is 0.272 e. The van der Waals surface area contributed by atoms with Gasteiger partial charge in [-0.15, -0.1) is 0 Å². The molecular formula is C20H23N5O2. The Bertz CT molecular complexity index is 968. The molecule has 1 aliphatic carbocycles. The fraction of sp³-hybridized carbons (Fsp3) is 0.450. The molecule has 0 radical (unpaired) electrons. The highest BCUT2D eigenvalue weighted by molar-refractivity contribution is 5.94. The molecule has 0 atom stereocenters. The topological polar surface area (TPSA) is 84.8 Å². The minimum atomic E-state index is -0.0884. The Morgan fingerprint density at radius 2 is 2.15 bits per heavy atom. The average Bonchev–Trinajstić information content (AvgIpc) is 3.33. The first kappa shape index (κ1) is 16.5. The zero-order chi connectivity index (χ0) is 18.2. The van der Waals surface area contributed by atoms with E-state index in [-0.39, 0.29) is 11.9 Å². The highest BCUT2D eigenvalue weighted by Gasteiger charge is 2.27. The first-order valence-electron chi connectivity index (χ1n) is 9.66. The van der Waals surface area contributed by atoms with Crippen LogP contribution in [0.2, 0.25) is 0 Å². The van der Waals surface area contributed by atoms with E-state index in [0.29, 0.717) is 24.9 Å². The Hall–Kier alpha value is -2.67. The summed E-state index contributed by atoms with van der Waals surface area (Å²) >= 11 is 0. The van der Waals surface area contributed by atoms with Gasteiger partial charge in [-0.05, 0) is 43.9 Å². The second kappa shape index (κ2) is 6.81. The number of carbonyl (C=O) groups is 1. The van der Waals surface area contributed by atoms with Crippen LogP contribution in [-0.2, 0) is 17.8 Å². The smallest absolute Gasteiger partial charge is 0.272 e. The summed E-state index contributed by atoms with van der Waals surface area (Å²) in [6.07, 6.45) is 8.77. The molecule has 0 aromatic carbocycles. The third kappa shape index (κ3) is 3.02. The number of fused-ring (bicyclic) bond motifs is 2. The van der Waals surface area contributed by atoms with Gasteiger partial charge in [-0.3, -0.25) is 9.89 Å². The molecule has 2 aliphatic rings. The molecule has 4 heterocycles. The molecule has 1 saturated carbocycles. The van der Waals surface area contributed by atoms with Gasteiger partial charge in [0.15, 0.2) is 5.69 Å². The van der Waals surface area contributed by atoms with Crippen molar-refractivity contribution in [3.05, 3.63) is 47.5 Å². The summed E-state index contributed by atoms with van der Waals surface area (Å²) in [7, 11) is 0. The summed E-state index contributed by atoms with van der Waals surface area (Å²) in [4.78, 5) is 17.2. The molecular weight excluding hydrogens is 342 g/mol.